The Morgan fingerprint density at radius 2 is 0.525 bits per heavy atom. The second kappa shape index (κ2) is 13.1. The maximum atomic E-state index is 12.4. The summed E-state index contributed by atoms with van der Waals surface area (Å²) >= 11 is 0. The molecular formula is C7H21O26P7. The minimum absolute atomic E-state index is 2.18. The first-order chi connectivity index (χ1) is 17.3. The third kappa shape index (κ3) is 15.0. The van der Waals surface area contributed by atoms with Gasteiger partial charge in [0.15, 0.2) is 5.90 Å². The van der Waals surface area contributed by atoms with Crippen molar-refractivity contribution in [3.05, 3.63) is 0 Å². The highest BCUT2D eigenvalue weighted by atomic mass is 31.2. The van der Waals surface area contributed by atoms with Crippen LogP contribution in [-0.4, -0.2) is 106 Å². The van der Waals surface area contributed by atoms with E-state index in [0.717, 1.165) is 0 Å². The average molecular weight is 738 g/mol. The van der Waals surface area contributed by atoms with Crippen LogP contribution in [0, 0.1) is 0 Å². The average Bonchev–Trinajstić information content (AvgIpc) is 2.57. The molecule has 1 aliphatic carbocycles. The molecule has 0 spiro atoms. The molecule has 0 heterocycles. The van der Waals surface area contributed by atoms with Gasteiger partial charge in [0.2, 0.25) is 0 Å². The molecule has 240 valence electrons. The second-order valence-electron chi connectivity index (χ2n) is 7.32. The van der Waals surface area contributed by atoms with Crippen LogP contribution < -0.4 is 0 Å². The molecule has 0 aliphatic heterocycles. The molecule has 0 radical (unpaired) electrons. The van der Waals surface area contributed by atoms with Crippen molar-refractivity contribution in [3.63, 3.8) is 0 Å². The molecule has 1 rings (SSSR count). The minimum Gasteiger partial charge on any atom is -0.324 e. The fourth-order valence-electron chi connectivity index (χ4n) is 3.09. The van der Waals surface area contributed by atoms with Crippen LogP contribution in [0.25, 0.3) is 0 Å². The Morgan fingerprint density at radius 3 is 0.675 bits per heavy atom. The molecule has 0 aromatic rings. The molecule has 33 heteroatoms. The van der Waals surface area contributed by atoms with E-state index in [2.05, 4.69) is 27.1 Å². The van der Waals surface area contributed by atoms with Crippen LogP contribution in [0.4, 0.5) is 0 Å². The molecule has 1 fully saturated rings. The smallest absolute Gasteiger partial charge is 0.324 e. The fraction of sp³-hybridized carbons (Fsp3) is 1.00. The van der Waals surface area contributed by atoms with E-state index >= 15 is 0 Å². The molecule has 26 nitrogen and oxygen atoms in total. The molecular weight excluding hydrogens is 717 g/mol. The number of phosphoric ester groups is 5. The molecule has 0 amide bonds. The van der Waals surface area contributed by atoms with Gasteiger partial charge in [-0.2, -0.15) is 0 Å². The van der Waals surface area contributed by atoms with Crippen molar-refractivity contribution in [2.24, 2.45) is 0 Å². The summed E-state index contributed by atoms with van der Waals surface area (Å²) in [5.41, 5.74) is 0. The summed E-state index contributed by atoms with van der Waals surface area (Å²) in [5, 5.41) is 0. The van der Waals surface area contributed by atoms with Crippen molar-refractivity contribution in [2.45, 2.75) is 36.6 Å². The van der Waals surface area contributed by atoms with Gasteiger partial charge in [-0.15, -0.1) is 0 Å². The van der Waals surface area contributed by atoms with E-state index in [1.54, 1.807) is 0 Å². The lowest BCUT2D eigenvalue weighted by Gasteiger charge is -2.48. The lowest BCUT2D eigenvalue weighted by Crippen LogP contribution is -2.66. The molecule has 0 aromatic carbocycles. The van der Waals surface area contributed by atoms with Crippen LogP contribution in [0.3, 0.4) is 0 Å². The lowest BCUT2D eigenvalue weighted by molar-refractivity contribution is -0.200. The van der Waals surface area contributed by atoms with Gasteiger partial charge >= 0.3 is 54.3 Å². The molecule has 0 bridgehead atoms. The number of hydrogen-bond donors (Lipinski definition) is 13. The number of hydrogen-bond acceptors (Lipinski definition) is 13. The zero-order valence-corrected chi connectivity index (χ0v) is 24.7. The summed E-state index contributed by atoms with van der Waals surface area (Å²) in [4.78, 5) is 120. The molecule has 13 N–H and O–H groups in total. The first-order valence-electron chi connectivity index (χ1n) is 9.02. The minimum atomic E-state index is -6.13. The summed E-state index contributed by atoms with van der Waals surface area (Å²) < 4.78 is 107. The monoisotopic (exact) mass is 738 g/mol. The third-order valence-corrected chi connectivity index (χ3v) is 9.95. The highest BCUT2D eigenvalue weighted by molar-refractivity contribution is 7.70. The molecule has 7 atom stereocenters. The zero-order valence-electron chi connectivity index (χ0n) is 18.4. The van der Waals surface area contributed by atoms with Crippen molar-refractivity contribution in [3.8, 4) is 0 Å². The highest BCUT2D eigenvalue weighted by Gasteiger charge is 2.62. The first kappa shape index (κ1) is 38.9. The van der Waals surface area contributed by atoms with E-state index in [4.69, 9.17) is 9.79 Å². The summed E-state index contributed by atoms with van der Waals surface area (Å²) in [5.74, 6) is -2.18. The maximum absolute atomic E-state index is 12.4. The molecule has 1 saturated carbocycles. The Bertz CT molecular complexity index is 1160. The van der Waals surface area contributed by atoms with Gasteiger partial charge in [-0.05, 0) is 0 Å². The van der Waals surface area contributed by atoms with Gasteiger partial charge in [-0.1, -0.05) is 0 Å². The van der Waals surface area contributed by atoms with Gasteiger partial charge in [-0.3, -0.25) is 36.3 Å². The fourth-order valence-corrected chi connectivity index (χ4v) is 8.63. The van der Waals surface area contributed by atoms with Gasteiger partial charge < -0.3 is 63.6 Å². The van der Waals surface area contributed by atoms with Gasteiger partial charge in [0.1, 0.15) is 36.6 Å². The highest BCUT2D eigenvalue weighted by Crippen LogP contribution is 2.61. The zero-order chi connectivity index (χ0) is 31.9. The van der Waals surface area contributed by atoms with E-state index < -0.39 is 96.8 Å². The standard InChI is InChI=1S/C7H21O26P7/c8-34(9,10)1-35(11,12)28-2-3(29-36(13,14)15)5(31-38(19,20)21)7(33-40(25,26)27)6(32-39(22,23)24)4(2)30-37(16,17)18/h2-7H,1H2,(H,11,12)(H2,8,9,10)(H2,13,14,15)(H2,16,17,18)(H2,19,20,21)(H2,22,23,24)(H2,25,26,27)/t2?,3-,4-,5-,6+,7?/m0/s1. The van der Waals surface area contributed by atoms with Gasteiger partial charge in [-0.25, -0.2) is 22.8 Å². The van der Waals surface area contributed by atoms with Crippen LogP contribution >= 0.6 is 54.3 Å². The Labute approximate surface area is 220 Å². The van der Waals surface area contributed by atoms with Crippen molar-refractivity contribution in [1.29, 1.82) is 0 Å². The summed E-state index contributed by atoms with van der Waals surface area (Å²) in [6, 6.07) is 0. The van der Waals surface area contributed by atoms with Crippen molar-refractivity contribution >= 4 is 54.3 Å². The summed E-state index contributed by atoms with van der Waals surface area (Å²) in [6.07, 6.45) is -19.5. The lowest BCUT2D eigenvalue weighted by atomic mass is 9.85. The van der Waals surface area contributed by atoms with Crippen molar-refractivity contribution in [2.75, 3.05) is 5.90 Å². The molecule has 0 saturated heterocycles. The van der Waals surface area contributed by atoms with E-state index in [1.807, 2.05) is 0 Å². The summed E-state index contributed by atoms with van der Waals surface area (Å²) in [6.45, 7) is 0. The predicted molar refractivity (Wildman–Crippen MR) is 116 cm³/mol. The van der Waals surface area contributed by atoms with E-state index in [-0.39, 0.29) is 0 Å². The summed E-state index contributed by atoms with van der Waals surface area (Å²) in [7, 11) is -42.1. The number of rotatable bonds is 14. The maximum Gasteiger partial charge on any atom is 0.470 e. The van der Waals surface area contributed by atoms with Gasteiger partial charge in [0, 0.05) is 0 Å². The quantitative estimate of drug-likeness (QED) is 0.0794. The van der Waals surface area contributed by atoms with Crippen LogP contribution in [0.1, 0.15) is 0 Å². The van der Waals surface area contributed by atoms with Crippen LogP contribution in [0.2, 0.25) is 0 Å². The molecule has 3 unspecified atom stereocenters. The van der Waals surface area contributed by atoms with E-state index in [9.17, 15) is 85.8 Å². The van der Waals surface area contributed by atoms with Crippen molar-refractivity contribution in [1.82, 2.24) is 0 Å². The van der Waals surface area contributed by atoms with Crippen molar-refractivity contribution < 1.29 is 123 Å². The van der Waals surface area contributed by atoms with Crippen LogP contribution in [0.15, 0.2) is 0 Å². The Balaban J connectivity index is 4.13. The van der Waals surface area contributed by atoms with E-state index in [1.165, 1.54) is 0 Å². The normalized spacial score (nSPS) is 29.2. The SMILES string of the molecule is O=P(O)(O)CP(=O)(O)OC1[C@H](OP(=O)(O)O)[C@H](OP(=O)(O)O)C(OP(=O)(O)O)[C@H](OP(=O)(O)O)[C@H]1OP(=O)(O)O. The number of phosphoric acid groups is 5. The van der Waals surface area contributed by atoms with Gasteiger partial charge in [0.25, 0.3) is 0 Å². The molecule has 1 aliphatic rings. The van der Waals surface area contributed by atoms with Crippen LogP contribution in [-0.2, 0) is 59.1 Å². The van der Waals surface area contributed by atoms with Crippen LogP contribution in [0.5, 0.6) is 0 Å². The predicted octanol–water partition coefficient (Wildman–Crippen LogP) is -2.90. The largest absolute Gasteiger partial charge is 0.470 e. The second-order valence-corrected chi connectivity index (χ2v) is 17.2. The Hall–Kier alpha value is 0.850. The topological polar surface area (TPSA) is 438 Å². The van der Waals surface area contributed by atoms with Gasteiger partial charge in [0.05, 0.1) is 0 Å². The molecule has 0 aromatic heterocycles. The Kier molecular flexibility index (Phi) is 12.7. The Morgan fingerprint density at radius 1 is 0.350 bits per heavy atom. The van der Waals surface area contributed by atoms with E-state index in [0.29, 0.717) is 0 Å². The first-order valence-corrected chi connectivity index (χ1v) is 20.2. The third-order valence-electron chi connectivity index (χ3n) is 3.89. The molecule has 40 heavy (non-hydrogen) atoms.